The number of guanidine groups is 1. The first kappa shape index (κ1) is 20.6. The summed E-state index contributed by atoms with van der Waals surface area (Å²) in [6.45, 7) is 10.5. The zero-order valence-corrected chi connectivity index (χ0v) is 17.4. The van der Waals surface area contributed by atoms with Crippen molar-refractivity contribution in [3.63, 3.8) is 0 Å². The lowest BCUT2D eigenvalue weighted by Gasteiger charge is -2.36. The average molecular weight is 391 g/mol. The van der Waals surface area contributed by atoms with E-state index in [4.69, 9.17) is 4.74 Å². The molecule has 2 aliphatic rings. The van der Waals surface area contributed by atoms with E-state index in [1.807, 2.05) is 24.3 Å². The third-order valence-electron chi connectivity index (χ3n) is 5.45. The van der Waals surface area contributed by atoms with Crippen LogP contribution in [-0.4, -0.2) is 77.7 Å². The van der Waals surface area contributed by atoms with Crippen molar-refractivity contribution in [2.45, 2.75) is 39.8 Å². The standard InChI is InChI=1S/C20H34N6O2/c1-16(2)15-26-9-6-22-18(26)14-23-20(21-3)25-7-4-17(5-8-25)19(27)24-10-12-28-13-11-24/h6,9,16-17H,4-5,7-8,10-15H2,1-3H3,(H,21,23). The number of hydrogen-bond acceptors (Lipinski definition) is 4. The molecule has 1 aromatic rings. The van der Waals surface area contributed by atoms with E-state index in [-0.39, 0.29) is 5.92 Å². The number of likely N-dealkylation sites (tertiary alicyclic amines) is 1. The molecule has 1 N–H and O–H groups in total. The maximum Gasteiger partial charge on any atom is 0.225 e. The number of carbonyl (C=O) groups is 1. The summed E-state index contributed by atoms with van der Waals surface area (Å²) in [4.78, 5) is 25.8. The first-order valence-corrected chi connectivity index (χ1v) is 10.4. The molecule has 1 amide bonds. The predicted octanol–water partition coefficient (Wildman–Crippen LogP) is 1.19. The Morgan fingerprint density at radius 2 is 1.96 bits per heavy atom. The molecule has 0 spiro atoms. The van der Waals surface area contributed by atoms with Crippen LogP contribution in [0, 0.1) is 11.8 Å². The molecule has 0 saturated carbocycles. The molecule has 8 nitrogen and oxygen atoms in total. The Hall–Kier alpha value is -2.09. The van der Waals surface area contributed by atoms with E-state index in [9.17, 15) is 4.79 Å². The van der Waals surface area contributed by atoms with Gasteiger partial charge in [0.25, 0.3) is 0 Å². The minimum absolute atomic E-state index is 0.123. The Morgan fingerprint density at radius 3 is 2.61 bits per heavy atom. The van der Waals surface area contributed by atoms with Crippen LogP contribution in [0.2, 0.25) is 0 Å². The molecule has 0 bridgehead atoms. The Morgan fingerprint density at radius 1 is 1.25 bits per heavy atom. The van der Waals surface area contributed by atoms with Crippen molar-refractivity contribution < 1.29 is 9.53 Å². The van der Waals surface area contributed by atoms with Crippen LogP contribution in [0.5, 0.6) is 0 Å². The normalized spacial score (nSPS) is 19.4. The number of rotatable bonds is 5. The number of amides is 1. The molecule has 1 aromatic heterocycles. The van der Waals surface area contributed by atoms with E-state index in [1.165, 1.54) is 0 Å². The molecule has 0 atom stereocenters. The number of nitrogens with zero attached hydrogens (tertiary/aromatic N) is 5. The third-order valence-corrected chi connectivity index (χ3v) is 5.45. The number of aromatic nitrogens is 2. The SMILES string of the molecule is CN=C(NCc1nccn1CC(C)C)N1CCC(C(=O)N2CCOCC2)CC1. The minimum atomic E-state index is 0.123. The molecular weight excluding hydrogens is 356 g/mol. The molecule has 0 aromatic carbocycles. The molecular formula is C20H34N6O2. The summed E-state index contributed by atoms with van der Waals surface area (Å²) in [7, 11) is 1.81. The number of imidazole rings is 1. The number of ether oxygens (including phenoxy) is 1. The topological polar surface area (TPSA) is 75.0 Å². The highest BCUT2D eigenvalue weighted by atomic mass is 16.5. The molecule has 2 saturated heterocycles. The van der Waals surface area contributed by atoms with E-state index >= 15 is 0 Å². The number of carbonyl (C=O) groups excluding carboxylic acids is 1. The second-order valence-corrected chi connectivity index (χ2v) is 7.99. The number of hydrogen-bond donors (Lipinski definition) is 1. The molecule has 0 radical (unpaired) electrons. The highest BCUT2D eigenvalue weighted by molar-refractivity contribution is 5.81. The minimum Gasteiger partial charge on any atom is -0.378 e. The van der Waals surface area contributed by atoms with E-state index in [0.717, 1.165) is 57.3 Å². The van der Waals surface area contributed by atoms with Crippen molar-refractivity contribution in [1.82, 2.24) is 24.7 Å². The zero-order valence-electron chi connectivity index (χ0n) is 17.4. The quantitative estimate of drug-likeness (QED) is 0.604. The summed E-state index contributed by atoms with van der Waals surface area (Å²) >= 11 is 0. The fraction of sp³-hybridized carbons (Fsp3) is 0.750. The molecule has 8 heteroatoms. The number of morpholine rings is 1. The van der Waals surface area contributed by atoms with E-state index < -0.39 is 0 Å². The summed E-state index contributed by atoms with van der Waals surface area (Å²) in [6.07, 6.45) is 5.63. The lowest BCUT2D eigenvalue weighted by Crippen LogP contribution is -2.49. The summed E-state index contributed by atoms with van der Waals surface area (Å²) in [5.74, 6) is 2.90. The van der Waals surface area contributed by atoms with Crippen LogP contribution in [-0.2, 0) is 22.6 Å². The summed E-state index contributed by atoms with van der Waals surface area (Å²) in [5, 5.41) is 3.44. The second kappa shape index (κ2) is 9.91. The molecule has 156 valence electrons. The third kappa shape index (κ3) is 5.25. The summed E-state index contributed by atoms with van der Waals surface area (Å²) in [6, 6.07) is 0. The summed E-state index contributed by atoms with van der Waals surface area (Å²) < 4.78 is 7.55. The first-order valence-electron chi connectivity index (χ1n) is 10.4. The monoisotopic (exact) mass is 390 g/mol. The number of aliphatic imine (C=N–C) groups is 1. The Bertz CT molecular complexity index is 657. The Labute approximate surface area is 168 Å². The van der Waals surface area contributed by atoms with Gasteiger partial charge in [-0.15, -0.1) is 0 Å². The van der Waals surface area contributed by atoms with Crippen LogP contribution < -0.4 is 5.32 Å². The molecule has 28 heavy (non-hydrogen) atoms. The van der Waals surface area contributed by atoms with Gasteiger partial charge >= 0.3 is 0 Å². The van der Waals surface area contributed by atoms with E-state index in [1.54, 1.807) is 0 Å². The predicted molar refractivity (Wildman–Crippen MR) is 109 cm³/mol. The van der Waals surface area contributed by atoms with Crippen LogP contribution in [0.15, 0.2) is 17.4 Å². The zero-order chi connectivity index (χ0) is 19.9. The van der Waals surface area contributed by atoms with Crippen LogP contribution in [0.3, 0.4) is 0 Å². The van der Waals surface area contributed by atoms with Crippen LogP contribution in [0.4, 0.5) is 0 Å². The lowest BCUT2D eigenvalue weighted by molar-refractivity contribution is -0.140. The van der Waals surface area contributed by atoms with Gasteiger partial charge in [-0.1, -0.05) is 13.8 Å². The Balaban J connectivity index is 1.48. The van der Waals surface area contributed by atoms with Crippen molar-refractivity contribution in [2.75, 3.05) is 46.4 Å². The first-order chi connectivity index (χ1) is 13.6. The average Bonchev–Trinajstić information content (AvgIpc) is 3.15. The van der Waals surface area contributed by atoms with Crippen molar-refractivity contribution in [1.29, 1.82) is 0 Å². The lowest BCUT2D eigenvalue weighted by atomic mass is 9.95. The van der Waals surface area contributed by atoms with Crippen molar-refractivity contribution in [3.8, 4) is 0 Å². The summed E-state index contributed by atoms with van der Waals surface area (Å²) in [5.41, 5.74) is 0. The fourth-order valence-corrected chi connectivity index (χ4v) is 3.94. The maximum atomic E-state index is 12.7. The van der Waals surface area contributed by atoms with Crippen molar-refractivity contribution in [3.05, 3.63) is 18.2 Å². The second-order valence-electron chi connectivity index (χ2n) is 7.99. The van der Waals surface area contributed by atoms with Gasteiger partial charge < -0.3 is 24.4 Å². The molecule has 2 aliphatic heterocycles. The highest BCUT2D eigenvalue weighted by Crippen LogP contribution is 2.20. The van der Waals surface area contributed by atoms with Gasteiger partial charge in [-0.2, -0.15) is 0 Å². The number of nitrogens with one attached hydrogen (secondary N) is 1. The van der Waals surface area contributed by atoms with E-state index in [0.29, 0.717) is 31.6 Å². The van der Waals surface area contributed by atoms with Crippen LogP contribution in [0.1, 0.15) is 32.5 Å². The van der Waals surface area contributed by atoms with Gasteiger partial charge in [0.1, 0.15) is 5.82 Å². The van der Waals surface area contributed by atoms with Crippen molar-refractivity contribution in [2.24, 2.45) is 16.8 Å². The van der Waals surface area contributed by atoms with Gasteiger partial charge in [0.2, 0.25) is 5.91 Å². The molecule has 2 fully saturated rings. The van der Waals surface area contributed by atoms with Gasteiger partial charge in [-0.05, 0) is 18.8 Å². The molecule has 3 rings (SSSR count). The van der Waals surface area contributed by atoms with Gasteiger partial charge in [-0.3, -0.25) is 9.79 Å². The van der Waals surface area contributed by atoms with E-state index in [2.05, 4.69) is 38.6 Å². The van der Waals surface area contributed by atoms with Gasteiger partial charge in [0.05, 0.1) is 19.8 Å². The highest BCUT2D eigenvalue weighted by Gasteiger charge is 2.30. The van der Waals surface area contributed by atoms with Gasteiger partial charge in [0.15, 0.2) is 5.96 Å². The van der Waals surface area contributed by atoms with Gasteiger partial charge in [-0.25, -0.2) is 4.98 Å². The molecule has 3 heterocycles. The fourth-order valence-electron chi connectivity index (χ4n) is 3.94. The van der Waals surface area contributed by atoms with Crippen molar-refractivity contribution >= 4 is 11.9 Å². The number of piperidine rings is 1. The van der Waals surface area contributed by atoms with Crippen LogP contribution >= 0.6 is 0 Å². The van der Waals surface area contributed by atoms with Crippen LogP contribution in [0.25, 0.3) is 0 Å². The smallest absolute Gasteiger partial charge is 0.225 e. The molecule has 0 unspecified atom stereocenters. The molecule has 0 aliphatic carbocycles. The van der Waals surface area contributed by atoms with Gasteiger partial charge in [0, 0.05) is 58.1 Å². The maximum absolute atomic E-state index is 12.7. The Kier molecular flexibility index (Phi) is 7.30. The largest absolute Gasteiger partial charge is 0.378 e.